The highest BCUT2D eigenvalue weighted by Gasteiger charge is 2.34. The second kappa shape index (κ2) is 6.89. The molecule has 6 nitrogen and oxygen atoms in total. The van der Waals surface area contributed by atoms with Gasteiger partial charge in [0.05, 0.1) is 0 Å². The van der Waals surface area contributed by atoms with Crippen molar-refractivity contribution in [3.63, 3.8) is 0 Å². The standard InChI is InChI=1S/C14H14ClF2N4O2S2/c1-14(2,3)20-25(22,23)13-11(19-21-18)9(12(15)24-13)7-5-4-6-8(16)10(7)17/h4-6,18,20H,1-3H3/q+1. The molecule has 11 heteroatoms. The third-order valence-electron chi connectivity index (χ3n) is 2.86. The summed E-state index contributed by atoms with van der Waals surface area (Å²) in [4.78, 5) is 2.84. The molecule has 2 rings (SSSR count). The van der Waals surface area contributed by atoms with Crippen molar-refractivity contribution in [2.45, 2.75) is 30.5 Å². The molecule has 0 fully saturated rings. The van der Waals surface area contributed by atoms with Crippen LogP contribution in [-0.4, -0.2) is 14.0 Å². The number of nitrogens with one attached hydrogen (secondary N) is 2. The van der Waals surface area contributed by atoms with Crippen molar-refractivity contribution in [1.82, 2.24) is 9.63 Å². The van der Waals surface area contributed by atoms with E-state index in [9.17, 15) is 17.2 Å². The van der Waals surface area contributed by atoms with Gasteiger partial charge in [-0.2, -0.15) is 0 Å². The van der Waals surface area contributed by atoms with E-state index in [1.54, 1.807) is 20.8 Å². The summed E-state index contributed by atoms with van der Waals surface area (Å²) in [5, 5.41) is 3.48. The lowest BCUT2D eigenvalue weighted by Crippen LogP contribution is -2.40. The van der Waals surface area contributed by atoms with Crippen LogP contribution < -0.4 is 9.63 Å². The fourth-order valence-corrected chi connectivity index (χ4v) is 5.46. The summed E-state index contributed by atoms with van der Waals surface area (Å²) in [5.41, 5.74) is 5.42. The van der Waals surface area contributed by atoms with Crippen LogP contribution in [0.3, 0.4) is 0 Å². The molecule has 0 radical (unpaired) electrons. The van der Waals surface area contributed by atoms with E-state index >= 15 is 0 Å². The van der Waals surface area contributed by atoms with E-state index in [1.807, 2.05) is 0 Å². The van der Waals surface area contributed by atoms with Crippen LogP contribution >= 0.6 is 22.9 Å². The van der Waals surface area contributed by atoms with Gasteiger partial charge in [0.2, 0.25) is 4.91 Å². The molecule has 2 N–H and O–H groups in total. The lowest BCUT2D eigenvalue weighted by molar-refractivity contribution is 0.492. The number of nitrogens with zero attached hydrogens (tertiary/aromatic N) is 2. The molecule has 0 unspecified atom stereocenters. The molecular weight excluding hydrogens is 394 g/mol. The summed E-state index contributed by atoms with van der Waals surface area (Å²) in [7, 11) is -4.07. The monoisotopic (exact) mass is 407 g/mol. The van der Waals surface area contributed by atoms with E-state index < -0.39 is 27.2 Å². The van der Waals surface area contributed by atoms with Crippen molar-refractivity contribution in [2.75, 3.05) is 0 Å². The van der Waals surface area contributed by atoms with Crippen LogP contribution in [0.1, 0.15) is 20.8 Å². The van der Waals surface area contributed by atoms with Gasteiger partial charge in [-0.15, -0.1) is 11.3 Å². The van der Waals surface area contributed by atoms with Crippen molar-refractivity contribution < 1.29 is 17.2 Å². The van der Waals surface area contributed by atoms with E-state index in [0.717, 1.165) is 6.07 Å². The molecule has 1 aromatic heterocycles. The zero-order valence-electron chi connectivity index (χ0n) is 13.4. The van der Waals surface area contributed by atoms with Crippen molar-refractivity contribution in [1.29, 1.82) is 5.53 Å². The highest BCUT2D eigenvalue weighted by Crippen LogP contribution is 2.48. The molecule has 0 spiro atoms. The van der Waals surface area contributed by atoms with E-state index in [2.05, 4.69) is 14.7 Å². The minimum atomic E-state index is -4.07. The Labute approximate surface area is 152 Å². The second-order valence-electron chi connectivity index (χ2n) is 6.04. The Morgan fingerprint density at radius 3 is 2.52 bits per heavy atom. The van der Waals surface area contributed by atoms with Gasteiger partial charge in [0.1, 0.15) is 9.87 Å². The van der Waals surface area contributed by atoms with E-state index in [4.69, 9.17) is 17.1 Å². The molecule has 1 heterocycles. The number of hydrogen-bond acceptors (Lipinski definition) is 5. The molecule has 134 valence electrons. The first-order chi connectivity index (χ1) is 11.5. The van der Waals surface area contributed by atoms with Crippen LogP contribution in [0.2, 0.25) is 4.34 Å². The van der Waals surface area contributed by atoms with Crippen LogP contribution in [0.4, 0.5) is 14.5 Å². The molecule has 0 atom stereocenters. The van der Waals surface area contributed by atoms with Crippen LogP contribution in [0.15, 0.2) is 27.5 Å². The maximum Gasteiger partial charge on any atom is 0.253 e. The summed E-state index contributed by atoms with van der Waals surface area (Å²) < 4.78 is 54.9. The van der Waals surface area contributed by atoms with Crippen LogP contribution in [0.25, 0.3) is 11.1 Å². The normalized spacial score (nSPS) is 12.1. The van der Waals surface area contributed by atoms with E-state index in [1.165, 1.54) is 12.1 Å². The van der Waals surface area contributed by atoms with Gasteiger partial charge in [0.25, 0.3) is 10.0 Å². The van der Waals surface area contributed by atoms with Gasteiger partial charge in [-0.25, -0.2) is 21.9 Å². The molecule has 0 saturated carbocycles. The number of sulfonamides is 1. The fraction of sp³-hybridized carbons (Fsp3) is 0.286. The summed E-state index contributed by atoms with van der Waals surface area (Å²) in [5.74, 6) is -2.32. The lowest BCUT2D eigenvalue weighted by Gasteiger charge is -2.19. The predicted molar refractivity (Wildman–Crippen MR) is 91.7 cm³/mol. The Morgan fingerprint density at radius 2 is 1.96 bits per heavy atom. The van der Waals surface area contributed by atoms with Crippen molar-refractivity contribution >= 4 is 38.6 Å². The zero-order valence-corrected chi connectivity index (χ0v) is 15.8. The molecule has 25 heavy (non-hydrogen) atoms. The molecule has 2 aromatic rings. The highest BCUT2D eigenvalue weighted by atomic mass is 35.5. The lowest BCUT2D eigenvalue weighted by atomic mass is 10.1. The maximum atomic E-state index is 14.2. The Bertz CT molecular complexity index is 977. The first-order valence-electron chi connectivity index (χ1n) is 6.86. The number of thiophene rings is 1. The number of benzene rings is 1. The van der Waals surface area contributed by atoms with Gasteiger partial charge in [-0.1, -0.05) is 23.7 Å². The number of rotatable bonds is 4. The molecule has 0 amide bonds. The van der Waals surface area contributed by atoms with Gasteiger partial charge in [-0.05, 0) is 26.8 Å². The van der Waals surface area contributed by atoms with Crippen molar-refractivity contribution in [3.8, 4) is 11.1 Å². The molecule has 0 saturated heterocycles. The first-order valence-corrected chi connectivity index (χ1v) is 9.54. The molecule has 0 aliphatic carbocycles. The minimum Gasteiger partial charge on any atom is -0.206 e. The van der Waals surface area contributed by atoms with Crippen LogP contribution in [-0.2, 0) is 10.0 Å². The van der Waals surface area contributed by atoms with Gasteiger partial charge in [0, 0.05) is 16.7 Å². The number of hydrogen-bond donors (Lipinski definition) is 2. The Hall–Kier alpha value is -1.71. The van der Waals surface area contributed by atoms with Crippen LogP contribution in [0, 0.1) is 17.2 Å². The Balaban J connectivity index is 2.79. The third kappa shape index (κ3) is 4.10. The molecular formula is C14H14ClF2N4O2S2+. The SMILES string of the molecule is CC(C)(C)NS(=O)(=O)c1sc(Cl)c(-c2cccc(F)c2F)c1N=[N+]=N. The molecule has 0 bridgehead atoms. The number of halogens is 3. The van der Waals surface area contributed by atoms with Crippen molar-refractivity contribution in [3.05, 3.63) is 34.2 Å². The second-order valence-corrected chi connectivity index (χ2v) is 9.54. The topological polar surface area (TPSA) is 96.5 Å². The van der Waals surface area contributed by atoms with Crippen LogP contribution in [0.5, 0.6) is 0 Å². The molecule has 0 aliphatic heterocycles. The summed E-state index contributed by atoms with van der Waals surface area (Å²) >= 11 is 6.72. The van der Waals surface area contributed by atoms with Gasteiger partial charge >= 0.3 is 0 Å². The maximum absolute atomic E-state index is 14.2. The quantitative estimate of drug-likeness (QED) is 0.571. The van der Waals surface area contributed by atoms with Crippen molar-refractivity contribution in [2.24, 2.45) is 5.11 Å². The minimum absolute atomic E-state index is 0.110. The first kappa shape index (κ1) is 19.6. The average Bonchev–Trinajstić information content (AvgIpc) is 2.78. The largest absolute Gasteiger partial charge is 0.253 e. The molecule has 1 aromatic carbocycles. The molecule has 0 aliphatic rings. The fourth-order valence-electron chi connectivity index (χ4n) is 2.08. The van der Waals surface area contributed by atoms with E-state index in [-0.39, 0.29) is 25.4 Å². The third-order valence-corrected chi connectivity index (χ3v) is 6.52. The summed E-state index contributed by atoms with van der Waals surface area (Å²) in [6, 6.07) is 3.41. The summed E-state index contributed by atoms with van der Waals surface area (Å²) in [6.07, 6.45) is 0. The van der Waals surface area contributed by atoms with Gasteiger partial charge < -0.3 is 0 Å². The smallest absolute Gasteiger partial charge is 0.206 e. The Kier molecular flexibility index (Phi) is 5.41. The zero-order chi connectivity index (χ0) is 19.0. The predicted octanol–water partition coefficient (Wildman–Crippen LogP) is 4.61. The Morgan fingerprint density at radius 1 is 1.32 bits per heavy atom. The summed E-state index contributed by atoms with van der Waals surface area (Å²) in [6.45, 7) is 4.91. The van der Waals surface area contributed by atoms with Gasteiger partial charge in [-0.3, -0.25) is 0 Å². The van der Waals surface area contributed by atoms with E-state index in [0.29, 0.717) is 11.3 Å². The average molecular weight is 408 g/mol. The highest BCUT2D eigenvalue weighted by molar-refractivity contribution is 7.92. The van der Waals surface area contributed by atoms with Gasteiger partial charge in [0.15, 0.2) is 26.6 Å².